The molecule has 0 aromatic rings. The summed E-state index contributed by atoms with van der Waals surface area (Å²) >= 11 is 0. The highest BCUT2D eigenvalue weighted by Crippen LogP contribution is 2.20. The second-order valence-electron chi connectivity index (χ2n) is 5.92. The third-order valence-electron chi connectivity index (χ3n) is 3.37. The molecule has 17 heavy (non-hydrogen) atoms. The fourth-order valence-electron chi connectivity index (χ4n) is 2.43. The van der Waals surface area contributed by atoms with E-state index >= 15 is 0 Å². The molecule has 1 saturated carbocycles. The van der Waals surface area contributed by atoms with Gasteiger partial charge in [-0.1, -0.05) is 33.1 Å². The Bertz CT molecular complexity index is 240. The fourth-order valence-corrected chi connectivity index (χ4v) is 2.43. The van der Waals surface area contributed by atoms with Crippen molar-refractivity contribution in [1.82, 2.24) is 4.90 Å². The first kappa shape index (κ1) is 14.3. The SMILES string of the molecule is CC(C)CN(C(N)=NC1CCCCC1)C(C)C. The van der Waals surface area contributed by atoms with Gasteiger partial charge in [-0.05, 0) is 32.6 Å². The average molecular weight is 239 g/mol. The van der Waals surface area contributed by atoms with Crippen LogP contribution in [0.4, 0.5) is 0 Å². The Morgan fingerprint density at radius 1 is 1.18 bits per heavy atom. The first-order valence-corrected chi connectivity index (χ1v) is 7.10. The van der Waals surface area contributed by atoms with Crippen molar-refractivity contribution in [3.63, 3.8) is 0 Å². The van der Waals surface area contributed by atoms with Crippen molar-refractivity contribution in [3.05, 3.63) is 0 Å². The maximum absolute atomic E-state index is 6.17. The molecule has 0 aromatic heterocycles. The van der Waals surface area contributed by atoms with Crippen molar-refractivity contribution in [3.8, 4) is 0 Å². The molecule has 1 aliphatic rings. The topological polar surface area (TPSA) is 41.6 Å². The molecule has 3 nitrogen and oxygen atoms in total. The minimum Gasteiger partial charge on any atom is -0.370 e. The molecule has 2 N–H and O–H groups in total. The molecule has 0 aliphatic heterocycles. The molecule has 0 spiro atoms. The van der Waals surface area contributed by atoms with Crippen LogP contribution in [-0.4, -0.2) is 29.5 Å². The van der Waals surface area contributed by atoms with Gasteiger partial charge in [-0.2, -0.15) is 0 Å². The molecule has 0 unspecified atom stereocenters. The highest BCUT2D eigenvalue weighted by Gasteiger charge is 2.17. The largest absolute Gasteiger partial charge is 0.370 e. The van der Waals surface area contributed by atoms with E-state index in [0.717, 1.165) is 12.5 Å². The maximum Gasteiger partial charge on any atom is 0.191 e. The fraction of sp³-hybridized carbons (Fsp3) is 0.929. The number of rotatable bonds is 4. The summed E-state index contributed by atoms with van der Waals surface area (Å²) in [6, 6.07) is 0.905. The maximum atomic E-state index is 6.17. The van der Waals surface area contributed by atoms with Gasteiger partial charge in [0.25, 0.3) is 0 Å². The summed E-state index contributed by atoms with van der Waals surface area (Å²) in [5.41, 5.74) is 6.17. The van der Waals surface area contributed by atoms with Crippen molar-refractivity contribution in [1.29, 1.82) is 0 Å². The standard InChI is InChI=1S/C14H29N3/c1-11(2)10-17(12(3)4)14(15)16-13-8-6-5-7-9-13/h11-13H,5-10H2,1-4H3,(H2,15,16). The van der Waals surface area contributed by atoms with Crippen LogP contribution in [0.5, 0.6) is 0 Å². The number of guanidine groups is 1. The molecule has 1 fully saturated rings. The van der Waals surface area contributed by atoms with Crippen LogP contribution in [-0.2, 0) is 0 Å². The Labute approximate surface area is 106 Å². The number of hydrogen-bond donors (Lipinski definition) is 1. The summed E-state index contributed by atoms with van der Waals surface area (Å²) in [5.74, 6) is 1.37. The first-order valence-electron chi connectivity index (χ1n) is 7.10. The smallest absolute Gasteiger partial charge is 0.191 e. The zero-order valence-electron chi connectivity index (χ0n) is 11.9. The van der Waals surface area contributed by atoms with Gasteiger partial charge in [0, 0.05) is 12.6 Å². The Balaban J connectivity index is 2.61. The Morgan fingerprint density at radius 3 is 2.24 bits per heavy atom. The van der Waals surface area contributed by atoms with Crippen LogP contribution in [0.15, 0.2) is 4.99 Å². The molecule has 3 heteroatoms. The number of nitrogens with two attached hydrogens (primary N) is 1. The van der Waals surface area contributed by atoms with Crippen LogP contribution in [0.2, 0.25) is 0 Å². The van der Waals surface area contributed by atoms with Crippen LogP contribution in [0, 0.1) is 5.92 Å². The van der Waals surface area contributed by atoms with E-state index in [9.17, 15) is 0 Å². The molecule has 0 radical (unpaired) electrons. The van der Waals surface area contributed by atoms with Gasteiger partial charge in [-0.25, -0.2) is 4.99 Å². The van der Waals surface area contributed by atoms with Crippen LogP contribution < -0.4 is 5.73 Å². The van der Waals surface area contributed by atoms with Gasteiger partial charge >= 0.3 is 0 Å². The summed E-state index contributed by atoms with van der Waals surface area (Å²) < 4.78 is 0. The van der Waals surface area contributed by atoms with Gasteiger partial charge in [0.05, 0.1) is 6.04 Å². The van der Waals surface area contributed by atoms with E-state index in [2.05, 4.69) is 32.6 Å². The normalized spacial score (nSPS) is 19.1. The summed E-state index contributed by atoms with van der Waals surface area (Å²) in [5, 5.41) is 0. The van der Waals surface area contributed by atoms with E-state index < -0.39 is 0 Å². The Morgan fingerprint density at radius 2 is 1.76 bits per heavy atom. The van der Waals surface area contributed by atoms with Crippen LogP contribution >= 0.6 is 0 Å². The van der Waals surface area contributed by atoms with Gasteiger partial charge in [0.2, 0.25) is 0 Å². The van der Waals surface area contributed by atoms with E-state index in [1.165, 1.54) is 32.1 Å². The lowest BCUT2D eigenvalue weighted by atomic mass is 9.96. The summed E-state index contributed by atoms with van der Waals surface area (Å²) in [6.07, 6.45) is 6.43. The first-order chi connectivity index (χ1) is 8.00. The van der Waals surface area contributed by atoms with Gasteiger partial charge in [-0.3, -0.25) is 0 Å². The monoisotopic (exact) mass is 239 g/mol. The number of nitrogens with zero attached hydrogens (tertiary/aromatic N) is 2. The molecule has 0 atom stereocenters. The van der Waals surface area contributed by atoms with Crippen molar-refractivity contribution < 1.29 is 0 Å². The predicted octanol–water partition coefficient (Wildman–Crippen LogP) is 3.00. The highest BCUT2D eigenvalue weighted by molar-refractivity contribution is 5.78. The average Bonchev–Trinajstić information content (AvgIpc) is 2.26. The minimum absolute atomic E-state index is 0.435. The quantitative estimate of drug-likeness (QED) is 0.605. The number of hydrogen-bond acceptors (Lipinski definition) is 1. The lowest BCUT2D eigenvalue weighted by Crippen LogP contribution is -2.44. The molecule has 0 amide bonds. The highest BCUT2D eigenvalue weighted by atomic mass is 15.3. The predicted molar refractivity (Wildman–Crippen MR) is 75.2 cm³/mol. The molecule has 0 heterocycles. The molecular weight excluding hydrogens is 210 g/mol. The summed E-state index contributed by atoms with van der Waals surface area (Å²) in [7, 11) is 0. The van der Waals surface area contributed by atoms with E-state index in [1.807, 2.05) is 0 Å². The molecule has 1 aliphatic carbocycles. The molecule has 1 rings (SSSR count). The lowest BCUT2D eigenvalue weighted by Gasteiger charge is -2.30. The van der Waals surface area contributed by atoms with E-state index in [-0.39, 0.29) is 0 Å². The third-order valence-corrected chi connectivity index (χ3v) is 3.37. The molecule has 0 bridgehead atoms. The van der Waals surface area contributed by atoms with Gasteiger partial charge in [0.1, 0.15) is 0 Å². The second-order valence-corrected chi connectivity index (χ2v) is 5.92. The van der Waals surface area contributed by atoms with E-state index in [0.29, 0.717) is 18.0 Å². The lowest BCUT2D eigenvalue weighted by molar-refractivity contribution is 0.304. The molecular formula is C14H29N3. The van der Waals surface area contributed by atoms with Gasteiger partial charge in [0.15, 0.2) is 5.96 Å². The van der Waals surface area contributed by atoms with Crippen molar-refractivity contribution in [2.45, 2.75) is 71.9 Å². The second kappa shape index (κ2) is 6.87. The molecule has 100 valence electrons. The zero-order chi connectivity index (χ0) is 12.8. The minimum atomic E-state index is 0.435. The van der Waals surface area contributed by atoms with E-state index in [4.69, 9.17) is 10.7 Å². The van der Waals surface area contributed by atoms with E-state index in [1.54, 1.807) is 0 Å². The summed E-state index contributed by atoms with van der Waals surface area (Å²) in [6.45, 7) is 9.82. The molecule has 0 aromatic carbocycles. The van der Waals surface area contributed by atoms with Crippen molar-refractivity contribution >= 4 is 5.96 Å². The van der Waals surface area contributed by atoms with Crippen LogP contribution in [0.25, 0.3) is 0 Å². The van der Waals surface area contributed by atoms with Crippen molar-refractivity contribution in [2.24, 2.45) is 16.6 Å². The summed E-state index contributed by atoms with van der Waals surface area (Å²) in [4.78, 5) is 6.97. The number of aliphatic imine (C=N–C) groups is 1. The Kier molecular flexibility index (Phi) is 5.79. The Hall–Kier alpha value is -0.730. The van der Waals surface area contributed by atoms with Crippen LogP contribution in [0.3, 0.4) is 0 Å². The molecule has 0 saturated heterocycles. The third kappa shape index (κ3) is 4.97. The van der Waals surface area contributed by atoms with Crippen molar-refractivity contribution in [2.75, 3.05) is 6.54 Å². The van der Waals surface area contributed by atoms with Gasteiger partial charge in [-0.15, -0.1) is 0 Å². The van der Waals surface area contributed by atoms with Crippen LogP contribution in [0.1, 0.15) is 59.8 Å². The van der Waals surface area contributed by atoms with Gasteiger partial charge < -0.3 is 10.6 Å². The zero-order valence-corrected chi connectivity index (χ0v) is 11.9.